The van der Waals surface area contributed by atoms with E-state index in [0.29, 0.717) is 37.4 Å². The first-order valence-electron chi connectivity index (χ1n) is 8.15. The van der Waals surface area contributed by atoms with Crippen LogP contribution in [0.25, 0.3) is 0 Å². The monoisotopic (exact) mass is 281 g/mol. The molecule has 0 aliphatic carbocycles. The van der Waals surface area contributed by atoms with Gasteiger partial charge in [0.05, 0.1) is 0 Å². The van der Waals surface area contributed by atoms with Crippen LogP contribution in [0.5, 0.6) is 0 Å². The molecule has 1 radical (unpaired) electrons. The highest BCUT2D eigenvalue weighted by atomic mass is 16.1. The fourth-order valence-electron chi connectivity index (χ4n) is 2.78. The molecule has 117 valence electrons. The lowest BCUT2D eigenvalue weighted by Crippen LogP contribution is -2.32. The van der Waals surface area contributed by atoms with Crippen LogP contribution in [0.15, 0.2) is 0 Å². The highest BCUT2D eigenvalue weighted by Crippen LogP contribution is 2.35. The lowest BCUT2D eigenvalue weighted by atomic mass is 9.71. The molecule has 0 heterocycles. The highest BCUT2D eigenvalue weighted by Gasteiger charge is 2.35. The lowest BCUT2D eigenvalue weighted by Gasteiger charge is -2.31. The zero-order valence-corrected chi connectivity index (χ0v) is 14.1. The van der Waals surface area contributed by atoms with Crippen LogP contribution < -0.4 is 0 Å². The van der Waals surface area contributed by atoms with Crippen LogP contribution in [0.1, 0.15) is 79.6 Å². The summed E-state index contributed by atoms with van der Waals surface area (Å²) in [6.07, 6.45) is 5.12. The zero-order chi connectivity index (χ0) is 15.8. The summed E-state index contributed by atoms with van der Waals surface area (Å²) in [6.45, 7) is 14.3. The molecule has 0 N–H and O–H groups in total. The Balaban J connectivity index is 4.98. The third-order valence-corrected chi connectivity index (χ3v) is 4.11. The number of rotatable bonds is 11. The molecule has 0 aromatic rings. The SMILES string of the molecule is [CH2]CC(C)(CC(CC(C)C)C(=O)CCC)C(=O)CCC. The topological polar surface area (TPSA) is 34.1 Å². The Morgan fingerprint density at radius 2 is 1.65 bits per heavy atom. The Morgan fingerprint density at radius 3 is 2.05 bits per heavy atom. The van der Waals surface area contributed by atoms with Crippen LogP contribution in [-0.2, 0) is 9.59 Å². The van der Waals surface area contributed by atoms with Crippen LogP contribution in [0.2, 0.25) is 0 Å². The standard InChI is InChI=1S/C18H33O2/c1-7-10-16(19)15(12-14(4)5)13-18(6,9-3)17(20)11-8-2/h14-15H,3,7-13H2,1-2,4-6H3. The number of ketones is 2. The molecule has 0 aliphatic rings. The largest absolute Gasteiger partial charge is 0.299 e. The summed E-state index contributed by atoms with van der Waals surface area (Å²) < 4.78 is 0. The summed E-state index contributed by atoms with van der Waals surface area (Å²) in [7, 11) is 0. The molecular weight excluding hydrogens is 248 g/mol. The molecule has 0 amide bonds. The van der Waals surface area contributed by atoms with Gasteiger partial charge in [0.2, 0.25) is 0 Å². The van der Waals surface area contributed by atoms with E-state index < -0.39 is 5.41 Å². The van der Waals surface area contributed by atoms with Crippen molar-refractivity contribution < 1.29 is 9.59 Å². The Morgan fingerprint density at radius 1 is 1.10 bits per heavy atom. The summed E-state index contributed by atoms with van der Waals surface area (Å²) in [4.78, 5) is 24.7. The van der Waals surface area contributed by atoms with E-state index in [0.717, 1.165) is 19.3 Å². The van der Waals surface area contributed by atoms with Crippen molar-refractivity contribution in [1.82, 2.24) is 0 Å². The van der Waals surface area contributed by atoms with Gasteiger partial charge in [-0.15, -0.1) is 0 Å². The molecule has 0 saturated carbocycles. The van der Waals surface area contributed by atoms with E-state index in [1.807, 2.05) is 20.8 Å². The van der Waals surface area contributed by atoms with Crippen molar-refractivity contribution in [3.63, 3.8) is 0 Å². The second-order valence-electron chi connectivity index (χ2n) is 6.73. The molecule has 20 heavy (non-hydrogen) atoms. The Bertz CT molecular complexity index is 307. The minimum absolute atomic E-state index is 0.0162. The van der Waals surface area contributed by atoms with Gasteiger partial charge in [0, 0.05) is 24.2 Å². The van der Waals surface area contributed by atoms with Crippen molar-refractivity contribution in [2.45, 2.75) is 79.6 Å². The average Bonchev–Trinajstić information content (AvgIpc) is 2.37. The summed E-state index contributed by atoms with van der Waals surface area (Å²) in [6, 6.07) is 0. The quantitative estimate of drug-likeness (QED) is 0.533. The average molecular weight is 281 g/mol. The second-order valence-corrected chi connectivity index (χ2v) is 6.73. The first-order valence-corrected chi connectivity index (χ1v) is 8.15. The molecule has 0 bridgehead atoms. The molecule has 0 rings (SSSR count). The maximum Gasteiger partial charge on any atom is 0.138 e. The zero-order valence-electron chi connectivity index (χ0n) is 14.1. The van der Waals surface area contributed by atoms with Gasteiger partial charge < -0.3 is 0 Å². The summed E-state index contributed by atoms with van der Waals surface area (Å²) in [5.74, 6) is 1.09. The van der Waals surface area contributed by atoms with Crippen LogP contribution >= 0.6 is 0 Å². The van der Waals surface area contributed by atoms with Crippen LogP contribution in [-0.4, -0.2) is 11.6 Å². The maximum atomic E-state index is 12.3. The molecule has 2 nitrogen and oxygen atoms in total. The van der Waals surface area contributed by atoms with Gasteiger partial charge in [0.15, 0.2) is 0 Å². The molecular formula is C18H33O2. The highest BCUT2D eigenvalue weighted by molar-refractivity contribution is 5.86. The van der Waals surface area contributed by atoms with Crippen molar-refractivity contribution in [1.29, 1.82) is 0 Å². The minimum atomic E-state index is -0.432. The molecule has 0 aromatic carbocycles. The van der Waals surface area contributed by atoms with Crippen molar-refractivity contribution in [2.24, 2.45) is 17.3 Å². The maximum absolute atomic E-state index is 12.3. The van der Waals surface area contributed by atoms with Crippen molar-refractivity contribution in [3.05, 3.63) is 6.92 Å². The van der Waals surface area contributed by atoms with Gasteiger partial charge in [-0.05, 0) is 38.0 Å². The van der Waals surface area contributed by atoms with E-state index in [-0.39, 0.29) is 11.7 Å². The predicted octanol–water partition coefficient (Wildman–Crippen LogP) is 5.01. The third-order valence-electron chi connectivity index (χ3n) is 4.11. The van der Waals surface area contributed by atoms with Gasteiger partial charge in [-0.2, -0.15) is 0 Å². The van der Waals surface area contributed by atoms with Crippen LogP contribution in [0, 0.1) is 24.2 Å². The predicted molar refractivity (Wildman–Crippen MR) is 85.5 cm³/mol. The Hall–Kier alpha value is -0.660. The fraction of sp³-hybridized carbons (Fsp3) is 0.833. The van der Waals surface area contributed by atoms with Gasteiger partial charge in [-0.3, -0.25) is 9.59 Å². The summed E-state index contributed by atoms with van der Waals surface area (Å²) >= 11 is 0. The van der Waals surface area contributed by atoms with E-state index in [4.69, 9.17) is 0 Å². The first kappa shape index (κ1) is 19.3. The van der Waals surface area contributed by atoms with Crippen LogP contribution in [0.3, 0.4) is 0 Å². The minimum Gasteiger partial charge on any atom is -0.299 e. The number of carbonyl (C=O) groups is 2. The summed E-state index contributed by atoms with van der Waals surface area (Å²) in [5, 5.41) is 0. The van der Waals surface area contributed by atoms with Crippen LogP contribution in [0.4, 0.5) is 0 Å². The fourth-order valence-corrected chi connectivity index (χ4v) is 2.78. The second kappa shape index (κ2) is 9.31. The van der Waals surface area contributed by atoms with Gasteiger partial charge in [-0.1, -0.05) is 41.5 Å². The van der Waals surface area contributed by atoms with Gasteiger partial charge in [0.25, 0.3) is 0 Å². The number of hydrogen-bond donors (Lipinski definition) is 0. The van der Waals surface area contributed by atoms with Crippen molar-refractivity contribution in [3.8, 4) is 0 Å². The molecule has 2 atom stereocenters. The molecule has 0 aliphatic heterocycles. The van der Waals surface area contributed by atoms with E-state index in [2.05, 4.69) is 20.8 Å². The molecule has 0 spiro atoms. The molecule has 2 unspecified atom stereocenters. The van der Waals surface area contributed by atoms with E-state index in [1.54, 1.807) is 0 Å². The summed E-state index contributed by atoms with van der Waals surface area (Å²) in [5.41, 5.74) is -0.432. The molecule has 0 aromatic heterocycles. The molecule has 0 saturated heterocycles. The van der Waals surface area contributed by atoms with Crippen molar-refractivity contribution in [2.75, 3.05) is 0 Å². The van der Waals surface area contributed by atoms with Gasteiger partial charge >= 0.3 is 0 Å². The van der Waals surface area contributed by atoms with Crippen molar-refractivity contribution >= 4 is 11.6 Å². The normalized spacial score (nSPS) is 15.9. The smallest absolute Gasteiger partial charge is 0.138 e. The number of Topliss-reactive ketones (excluding diaryl/α,β-unsaturated/α-hetero) is 2. The Kier molecular flexibility index (Phi) is 9.00. The van der Waals surface area contributed by atoms with E-state index in [9.17, 15) is 9.59 Å². The molecule has 0 fully saturated rings. The van der Waals surface area contributed by atoms with Gasteiger partial charge in [0.1, 0.15) is 11.6 Å². The van der Waals surface area contributed by atoms with E-state index in [1.165, 1.54) is 0 Å². The first-order chi connectivity index (χ1) is 9.30. The van der Waals surface area contributed by atoms with Gasteiger partial charge in [-0.25, -0.2) is 0 Å². The Labute approximate surface area is 125 Å². The van der Waals surface area contributed by atoms with E-state index >= 15 is 0 Å². The lowest BCUT2D eigenvalue weighted by molar-refractivity contribution is -0.131. The number of carbonyl (C=O) groups excluding carboxylic acids is 2. The third kappa shape index (κ3) is 6.19. The molecule has 2 heteroatoms. The number of hydrogen-bond acceptors (Lipinski definition) is 2.